The topological polar surface area (TPSA) is 52.4 Å². The Kier molecular flexibility index (Phi) is 2.90. The summed E-state index contributed by atoms with van der Waals surface area (Å²) in [5.74, 6) is 1.22. The molecule has 3 atom stereocenters. The van der Waals surface area contributed by atoms with Gasteiger partial charge in [-0.1, -0.05) is 24.3 Å². The largest absolute Gasteiger partial charge is 0.497 e. The minimum Gasteiger partial charge on any atom is -0.497 e. The third kappa shape index (κ3) is 1.70. The Balaban J connectivity index is 1.84. The molecule has 114 valence electrons. The predicted molar refractivity (Wildman–Crippen MR) is 84.4 cm³/mol. The Morgan fingerprint density at radius 2 is 2.23 bits per heavy atom. The second kappa shape index (κ2) is 4.70. The van der Waals surface area contributed by atoms with E-state index in [9.17, 15) is 10.1 Å². The van der Waals surface area contributed by atoms with Crippen molar-refractivity contribution in [1.29, 1.82) is 0 Å². The van der Waals surface area contributed by atoms with Crippen molar-refractivity contribution in [2.24, 2.45) is 11.8 Å². The van der Waals surface area contributed by atoms with Crippen LogP contribution in [0.5, 0.6) is 5.75 Å². The van der Waals surface area contributed by atoms with Crippen LogP contribution in [0.1, 0.15) is 30.4 Å². The second-order valence-corrected chi connectivity index (χ2v) is 6.55. The first-order chi connectivity index (χ1) is 10.6. The number of allylic oxidation sites excluding steroid dienone is 2. The van der Waals surface area contributed by atoms with Crippen molar-refractivity contribution in [3.63, 3.8) is 0 Å². The first kappa shape index (κ1) is 13.6. The summed E-state index contributed by atoms with van der Waals surface area (Å²) >= 11 is 0. The van der Waals surface area contributed by atoms with E-state index in [1.54, 1.807) is 7.11 Å². The minimum absolute atomic E-state index is 0.0215. The highest BCUT2D eigenvalue weighted by Crippen LogP contribution is 2.55. The molecule has 0 aliphatic heterocycles. The molecule has 4 rings (SSSR count). The number of aryl methyl sites for hydroxylation is 1. The fourth-order valence-corrected chi connectivity index (χ4v) is 4.51. The zero-order valence-electron chi connectivity index (χ0n) is 12.6. The SMILES string of the molecule is COc1ccc2c(c1)CCC=C2C1([N+](=O)[O-])C[C@@H]2C=C[C@H]1C2. The van der Waals surface area contributed by atoms with Crippen LogP contribution in [0.15, 0.2) is 36.4 Å². The van der Waals surface area contributed by atoms with Crippen LogP contribution in [-0.4, -0.2) is 17.6 Å². The van der Waals surface area contributed by atoms with Gasteiger partial charge >= 0.3 is 0 Å². The lowest BCUT2D eigenvalue weighted by molar-refractivity contribution is -0.556. The molecule has 1 unspecified atom stereocenters. The van der Waals surface area contributed by atoms with E-state index in [4.69, 9.17) is 4.74 Å². The van der Waals surface area contributed by atoms with Crippen molar-refractivity contribution >= 4 is 5.57 Å². The van der Waals surface area contributed by atoms with Gasteiger partial charge in [0.05, 0.1) is 13.0 Å². The molecular weight excluding hydrogens is 278 g/mol. The van der Waals surface area contributed by atoms with Gasteiger partial charge in [0.15, 0.2) is 0 Å². The number of rotatable bonds is 3. The highest BCUT2D eigenvalue weighted by molar-refractivity contribution is 5.77. The molecule has 2 bridgehead atoms. The highest BCUT2D eigenvalue weighted by Gasteiger charge is 2.60. The zero-order chi connectivity index (χ0) is 15.3. The average molecular weight is 297 g/mol. The third-order valence-corrected chi connectivity index (χ3v) is 5.52. The molecule has 4 nitrogen and oxygen atoms in total. The summed E-state index contributed by atoms with van der Waals surface area (Å²) < 4.78 is 5.30. The summed E-state index contributed by atoms with van der Waals surface area (Å²) in [5.41, 5.74) is 2.22. The number of benzene rings is 1. The van der Waals surface area contributed by atoms with Crippen LogP contribution in [0, 0.1) is 22.0 Å². The smallest absolute Gasteiger partial charge is 0.254 e. The zero-order valence-corrected chi connectivity index (χ0v) is 12.6. The monoisotopic (exact) mass is 297 g/mol. The van der Waals surface area contributed by atoms with Gasteiger partial charge in [-0.05, 0) is 48.4 Å². The molecule has 0 heterocycles. The summed E-state index contributed by atoms with van der Waals surface area (Å²) in [5, 5.41) is 12.1. The maximum absolute atomic E-state index is 12.1. The lowest BCUT2D eigenvalue weighted by atomic mass is 9.72. The molecule has 1 aromatic carbocycles. The van der Waals surface area contributed by atoms with Crippen molar-refractivity contribution in [3.8, 4) is 5.75 Å². The van der Waals surface area contributed by atoms with Gasteiger partial charge in [0.25, 0.3) is 5.54 Å². The van der Waals surface area contributed by atoms with Crippen molar-refractivity contribution in [1.82, 2.24) is 0 Å². The number of hydrogen-bond donors (Lipinski definition) is 0. The summed E-state index contributed by atoms with van der Waals surface area (Å²) in [4.78, 5) is 12.0. The molecule has 1 fully saturated rings. The lowest BCUT2D eigenvalue weighted by Crippen LogP contribution is -2.44. The second-order valence-electron chi connectivity index (χ2n) is 6.55. The molecule has 3 aliphatic carbocycles. The molecule has 1 aromatic rings. The third-order valence-electron chi connectivity index (χ3n) is 5.52. The Hall–Kier alpha value is -2.10. The number of nitro groups is 1. The van der Waals surface area contributed by atoms with Crippen LogP contribution >= 0.6 is 0 Å². The van der Waals surface area contributed by atoms with Crippen LogP contribution in [-0.2, 0) is 6.42 Å². The van der Waals surface area contributed by atoms with Gasteiger partial charge in [-0.2, -0.15) is 0 Å². The molecule has 0 aromatic heterocycles. The standard InChI is InChI=1S/C18H19NO3/c1-22-15-7-8-16-13(10-15)3-2-4-17(16)18(19(20)21)11-12-5-6-14(18)9-12/h4-8,10,12,14H,2-3,9,11H2,1H3/t12-,14+,18?/m1/s1. The summed E-state index contributed by atoms with van der Waals surface area (Å²) in [6.45, 7) is 0. The quantitative estimate of drug-likeness (QED) is 0.486. The first-order valence-corrected chi connectivity index (χ1v) is 7.86. The summed E-state index contributed by atoms with van der Waals surface area (Å²) in [7, 11) is 1.65. The normalized spacial score (nSPS) is 31.8. The van der Waals surface area contributed by atoms with E-state index >= 15 is 0 Å². The van der Waals surface area contributed by atoms with Gasteiger partial charge < -0.3 is 4.74 Å². The minimum atomic E-state index is -0.927. The van der Waals surface area contributed by atoms with Gasteiger partial charge in [0.1, 0.15) is 5.75 Å². The maximum atomic E-state index is 12.1. The van der Waals surface area contributed by atoms with Crippen LogP contribution in [0.25, 0.3) is 5.57 Å². The molecule has 0 N–H and O–H groups in total. The molecule has 0 amide bonds. The van der Waals surface area contributed by atoms with E-state index in [-0.39, 0.29) is 10.8 Å². The molecule has 3 aliphatic rings. The van der Waals surface area contributed by atoms with Gasteiger partial charge in [0, 0.05) is 16.9 Å². The van der Waals surface area contributed by atoms with E-state index in [1.807, 2.05) is 18.2 Å². The molecule has 0 spiro atoms. The molecule has 0 saturated heterocycles. The Bertz CT molecular complexity index is 706. The van der Waals surface area contributed by atoms with Crippen molar-refractivity contribution in [2.75, 3.05) is 7.11 Å². The summed E-state index contributed by atoms with van der Waals surface area (Å²) in [6, 6.07) is 5.94. The maximum Gasteiger partial charge on any atom is 0.254 e. The van der Waals surface area contributed by atoms with Crippen LogP contribution in [0.2, 0.25) is 0 Å². The predicted octanol–water partition coefficient (Wildman–Crippen LogP) is 3.64. The molecule has 1 saturated carbocycles. The lowest BCUT2D eigenvalue weighted by Gasteiger charge is -2.32. The molecular formula is C18H19NO3. The molecule has 0 radical (unpaired) electrons. The Labute approximate surface area is 129 Å². The van der Waals surface area contributed by atoms with Crippen molar-refractivity contribution in [2.45, 2.75) is 31.2 Å². The number of ether oxygens (including phenoxy) is 1. The van der Waals surface area contributed by atoms with E-state index < -0.39 is 5.54 Å². The van der Waals surface area contributed by atoms with Crippen LogP contribution < -0.4 is 4.74 Å². The number of nitrogens with zero attached hydrogens (tertiary/aromatic N) is 1. The van der Waals surface area contributed by atoms with E-state index in [0.29, 0.717) is 12.3 Å². The average Bonchev–Trinajstić information content (AvgIpc) is 3.15. The number of methoxy groups -OCH3 is 1. The Morgan fingerprint density at radius 1 is 1.36 bits per heavy atom. The van der Waals surface area contributed by atoms with E-state index in [2.05, 4.69) is 18.2 Å². The number of hydrogen-bond acceptors (Lipinski definition) is 3. The van der Waals surface area contributed by atoms with Crippen molar-refractivity contribution < 1.29 is 9.66 Å². The van der Waals surface area contributed by atoms with Gasteiger partial charge in [0.2, 0.25) is 0 Å². The summed E-state index contributed by atoms with van der Waals surface area (Å²) in [6.07, 6.45) is 9.68. The van der Waals surface area contributed by atoms with Gasteiger partial charge in [-0.25, -0.2) is 0 Å². The fourth-order valence-electron chi connectivity index (χ4n) is 4.51. The van der Waals surface area contributed by atoms with Crippen LogP contribution in [0.4, 0.5) is 0 Å². The van der Waals surface area contributed by atoms with E-state index in [0.717, 1.165) is 36.1 Å². The Morgan fingerprint density at radius 3 is 2.86 bits per heavy atom. The van der Waals surface area contributed by atoms with Gasteiger partial charge in [-0.3, -0.25) is 10.1 Å². The van der Waals surface area contributed by atoms with Gasteiger partial charge in [-0.15, -0.1) is 0 Å². The molecule has 22 heavy (non-hydrogen) atoms. The molecule has 4 heteroatoms. The highest BCUT2D eigenvalue weighted by atomic mass is 16.6. The van der Waals surface area contributed by atoms with E-state index in [1.165, 1.54) is 5.56 Å². The van der Waals surface area contributed by atoms with Crippen molar-refractivity contribution in [3.05, 3.63) is 57.7 Å². The fraction of sp³-hybridized carbons (Fsp3) is 0.444. The first-order valence-electron chi connectivity index (χ1n) is 7.86. The number of fused-ring (bicyclic) bond motifs is 3. The van der Waals surface area contributed by atoms with Crippen LogP contribution in [0.3, 0.4) is 0 Å².